The second kappa shape index (κ2) is 6.50. The Morgan fingerprint density at radius 2 is 2.20 bits per heavy atom. The molecule has 1 atom stereocenters. The first kappa shape index (κ1) is 15.2. The Morgan fingerprint density at radius 3 is 2.80 bits per heavy atom. The van der Waals surface area contributed by atoms with Crippen LogP contribution in [0.15, 0.2) is 28.9 Å². The molecule has 1 heterocycles. The van der Waals surface area contributed by atoms with Crippen molar-refractivity contribution in [1.82, 2.24) is 15.1 Å². The highest BCUT2D eigenvalue weighted by Gasteiger charge is 2.17. The highest BCUT2D eigenvalue weighted by molar-refractivity contribution is 9.10. The van der Waals surface area contributed by atoms with Crippen LogP contribution in [0.4, 0.5) is 4.39 Å². The van der Waals surface area contributed by atoms with Gasteiger partial charge in [-0.05, 0) is 43.7 Å². The van der Waals surface area contributed by atoms with Gasteiger partial charge in [-0.25, -0.2) is 4.39 Å². The first-order valence-electron chi connectivity index (χ1n) is 6.68. The van der Waals surface area contributed by atoms with E-state index in [1.165, 1.54) is 6.07 Å². The number of hydrogen-bond donors (Lipinski definition) is 1. The van der Waals surface area contributed by atoms with E-state index in [9.17, 15) is 4.39 Å². The van der Waals surface area contributed by atoms with Gasteiger partial charge in [0.25, 0.3) is 0 Å². The van der Waals surface area contributed by atoms with Crippen molar-refractivity contribution in [2.75, 3.05) is 6.54 Å². The highest BCUT2D eigenvalue weighted by atomic mass is 79.9. The summed E-state index contributed by atoms with van der Waals surface area (Å²) >= 11 is 3.49. The average molecular weight is 340 g/mol. The van der Waals surface area contributed by atoms with E-state index in [0.29, 0.717) is 0 Å². The van der Waals surface area contributed by atoms with E-state index >= 15 is 0 Å². The van der Waals surface area contributed by atoms with Gasteiger partial charge in [-0.2, -0.15) is 5.10 Å². The summed E-state index contributed by atoms with van der Waals surface area (Å²) in [7, 11) is 1.91. The molecule has 0 radical (unpaired) electrons. The lowest BCUT2D eigenvalue weighted by Crippen LogP contribution is -2.23. The van der Waals surface area contributed by atoms with E-state index < -0.39 is 0 Å². The summed E-state index contributed by atoms with van der Waals surface area (Å²) in [5.41, 5.74) is 3.12. The molecule has 1 aromatic carbocycles. The molecule has 0 fully saturated rings. The van der Waals surface area contributed by atoms with Crippen LogP contribution in [0.25, 0.3) is 0 Å². The topological polar surface area (TPSA) is 29.9 Å². The Balaban J connectivity index is 2.30. The van der Waals surface area contributed by atoms with Crippen LogP contribution in [0.5, 0.6) is 0 Å². The predicted molar refractivity (Wildman–Crippen MR) is 82.2 cm³/mol. The number of hydrogen-bond acceptors (Lipinski definition) is 2. The molecule has 1 unspecified atom stereocenters. The normalized spacial score (nSPS) is 12.7. The van der Waals surface area contributed by atoms with E-state index in [4.69, 9.17) is 0 Å². The summed E-state index contributed by atoms with van der Waals surface area (Å²) in [5, 5.41) is 7.84. The molecule has 0 bridgehead atoms. The van der Waals surface area contributed by atoms with Crippen molar-refractivity contribution in [3.63, 3.8) is 0 Å². The molecule has 0 saturated heterocycles. The molecule has 3 nitrogen and oxygen atoms in total. The fourth-order valence-corrected chi connectivity index (χ4v) is 2.83. The van der Waals surface area contributed by atoms with Crippen molar-refractivity contribution in [2.45, 2.75) is 26.3 Å². The fourth-order valence-electron chi connectivity index (χ4n) is 2.42. The monoisotopic (exact) mass is 339 g/mol. The number of nitrogens with one attached hydrogen (secondary N) is 1. The van der Waals surface area contributed by atoms with Crippen LogP contribution in [0.1, 0.15) is 29.8 Å². The molecule has 2 rings (SSSR count). The summed E-state index contributed by atoms with van der Waals surface area (Å²) in [6, 6.07) is 4.93. The van der Waals surface area contributed by atoms with Crippen molar-refractivity contribution in [3.8, 4) is 0 Å². The molecule has 5 heteroatoms. The fraction of sp³-hybridized carbons (Fsp3) is 0.400. The van der Waals surface area contributed by atoms with Gasteiger partial charge in [-0.15, -0.1) is 0 Å². The number of halogens is 2. The number of rotatable bonds is 5. The molecule has 1 aromatic heterocycles. The smallest absolute Gasteiger partial charge is 0.123 e. The molecule has 1 N–H and O–H groups in total. The number of aryl methyl sites for hydroxylation is 2. The van der Waals surface area contributed by atoms with Crippen LogP contribution in [0.3, 0.4) is 0 Å². The van der Waals surface area contributed by atoms with Crippen LogP contribution in [0, 0.1) is 12.7 Å². The standard InChI is InChI=1S/C15H19BrFN3/c1-4-18-15(13-9-20(3)19-10(13)2)8-11-7-12(17)5-6-14(11)16/h5-7,9,15,18H,4,8H2,1-3H3. The maximum atomic E-state index is 13.4. The Morgan fingerprint density at radius 1 is 1.45 bits per heavy atom. The molecular weight excluding hydrogens is 321 g/mol. The van der Waals surface area contributed by atoms with E-state index in [2.05, 4.69) is 33.3 Å². The minimum absolute atomic E-state index is 0.131. The molecular formula is C15H19BrFN3. The van der Waals surface area contributed by atoms with Gasteiger partial charge in [0, 0.05) is 29.3 Å². The summed E-state index contributed by atoms with van der Waals surface area (Å²) in [5.74, 6) is -0.207. The average Bonchev–Trinajstić information content (AvgIpc) is 2.72. The van der Waals surface area contributed by atoms with Gasteiger partial charge in [0.15, 0.2) is 0 Å². The third-order valence-corrected chi connectivity index (χ3v) is 4.08. The molecule has 108 valence electrons. The minimum atomic E-state index is -0.207. The van der Waals surface area contributed by atoms with E-state index in [-0.39, 0.29) is 11.9 Å². The zero-order valence-corrected chi connectivity index (χ0v) is 13.5. The van der Waals surface area contributed by atoms with E-state index in [1.807, 2.05) is 24.9 Å². The van der Waals surface area contributed by atoms with Crippen molar-refractivity contribution in [1.29, 1.82) is 0 Å². The number of benzene rings is 1. The van der Waals surface area contributed by atoms with Gasteiger partial charge in [0.2, 0.25) is 0 Å². The number of likely N-dealkylation sites (N-methyl/N-ethyl adjacent to an activating group) is 1. The quantitative estimate of drug-likeness (QED) is 0.903. The molecule has 2 aromatic rings. The lowest BCUT2D eigenvalue weighted by Gasteiger charge is -2.18. The lowest BCUT2D eigenvalue weighted by atomic mass is 9.99. The summed E-state index contributed by atoms with van der Waals surface area (Å²) < 4.78 is 16.2. The Bertz CT molecular complexity index is 595. The van der Waals surface area contributed by atoms with Crippen molar-refractivity contribution >= 4 is 15.9 Å². The maximum absolute atomic E-state index is 13.4. The number of aromatic nitrogens is 2. The second-order valence-corrected chi connectivity index (χ2v) is 5.75. The van der Waals surface area contributed by atoms with Crippen LogP contribution < -0.4 is 5.32 Å². The first-order chi connectivity index (χ1) is 9.51. The van der Waals surface area contributed by atoms with Gasteiger partial charge < -0.3 is 5.32 Å². The SMILES string of the molecule is CCNC(Cc1cc(F)ccc1Br)c1cn(C)nc1C. The van der Waals surface area contributed by atoms with Crippen molar-refractivity contribution in [2.24, 2.45) is 7.05 Å². The first-order valence-corrected chi connectivity index (χ1v) is 7.48. The van der Waals surface area contributed by atoms with Gasteiger partial charge in [0.1, 0.15) is 5.82 Å². The molecule has 0 aliphatic carbocycles. The highest BCUT2D eigenvalue weighted by Crippen LogP contribution is 2.26. The lowest BCUT2D eigenvalue weighted by molar-refractivity contribution is 0.543. The van der Waals surface area contributed by atoms with Gasteiger partial charge in [-0.1, -0.05) is 22.9 Å². The third-order valence-electron chi connectivity index (χ3n) is 3.31. The van der Waals surface area contributed by atoms with Crippen molar-refractivity contribution < 1.29 is 4.39 Å². The zero-order chi connectivity index (χ0) is 14.7. The third kappa shape index (κ3) is 3.46. The van der Waals surface area contributed by atoms with Crippen LogP contribution in [-0.2, 0) is 13.5 Å². The predicted octanol–water partition coefficient (Wildman–Crippen LogP) is 3.52. The summed E-state index contributed by atoms with van der Waals surface area (Å²) in [6.45, 7) is 4.92. The Labute approximate surface area is 127 Å². The van der Waals surface area contributed by atoms with Crippen LogP contribution >= 0.6 is 15.9 Å². The van der Waals surface area contributed by atoms with E-state index in [1.54, 1.807) is 12.1 Å². The zero-order valence-electron chi connectivity index (χ0n) is 12.0. The molecule has 0 aliphatic heterocycles. The second-order valence-electron chi connectivity index (χ2n) is 4.89. The van der Waals surface area contributed by atoms with Crippen LogP contribution in [-0.4, -0.2) is 16.3 Å². The van der Waals surface area contributed by atoms with Gasteiger partial charge >= 0.3 is 0 Å². The molecule has 0 saturated carbocycles. The molecule has 0 aliphatic rings. The van der Waals surface area contributed by atoms with Crippen molar-refractivity contribution in [3.05, 3.63) is 51.5 Å². The van der Waals surface area contributed by atoms with Gasteiger partial charge in [0.05, 0.1) is 5.69 Å². The van der Waals surface area contributed by atoms with Crippen LogP contribution in [0.2, 0.25) is 0 Å². The van der Waals surface area contributed by atoms with Gasteiger partial charge in [-0.3, -0.25) is 4.68 Å². The largest absolute Gasteiger partial charge is 0.310 e. The summed E-state index contributed by atoms with van der Waals surface area (Å²) in [6.07, 6.45) is 2.74. The van der Waals surface area contributed by atoms with E-state index in [0.717, 1.165) is 34.3 Å². The molecule has 20 heavy (non-hydrogen) atoms. The minimum Gasteiger partial charge on any atom is -0.310 e. The number of nitrogens with zero attached hydrogens (tertiary/aromatic N) is 2. The Kier molecular flexibility index (Phi) is 4.94. The summed E-state index contributed by atoms with van der Waals surface area (Å²) in [4.78, 5) is 0. The molecule has 0 spiro atoms. The molecule has 0 amide bonds. The maximum Gasteiger partial charge on any atom is 0.123 e. The Hall–Kier alpha value is -1.20.